The van der Waals surface area contributed by atoms with Gasteiger partial charge in [0.25, 0.3) is 0 Å². The van der Waals surface area contributed by atoms with Crippen LogP contribution in [-0.4, -0.2) is 45.4 Å². The number of hydrogen-bond acceptors (Lipinski definition) is 3. The molecule has 1 aliphatic rings. The van der Waals surface area contributed by atoms with Crippen LogP contribution >= 0.6 is 0 Å². The zero-order valence-electron chi connectivity index (χ0n) is 9.46. The highest BCUT2D eigenvalue weighted by molar-refractivity contribution is 5.86. The minimum Gasteiger partial charge on any atom is -0.478 e. The number of nitrogens with zero attached hydrogens (tertiary/aromatic N) is 3. The molecule has 1 aliphatic heterocycles. The molecule has 2 heterocycles. The fraction of sp³-hybridized carbons (Fsp3) is 0.636. The standard InChI is InChI=1S/C11H17N3O2/c1-2-13-5-3-10(4-6-13)14-8-9(7-12-14)11(15)16/h7-8,10H,2-6H2,1H3,(H,15,16). The Kier molecular flexibility index (Phi) is 3.24. The van der Waals surface area contributed by atoms with Crippen LogP contribution in [0.2, 0.25) is 0 Å². The van der Waals surface area contributed by atoms with Crippen LogP contribution in [-0.2, 0) is 0 Å². The van der Waals surface area contributed by atoms with Gasteiger partial charge < -0.3 is 10.0 Å². The number of hydrogen-bond donors (Lipinski definition) is 1. The maximum Gasteiger partial charge on any atom is 0.338 e. The fourth-order valence-corrected chi connectivity index (χ4v) is 2.15. The first kappa shape index (κ1) is 11.1. The Labute approximate surface area is 94.7 Å². The first-order chi connectivity index (χ1) is 7.70. The molecule has 0 aliphatic carbocycles. The summed E-state index contributed by atoms with van der Waals surface area (Å²) in [5, 5.41) is 12.9. The van der Waals surface area contributed by atoms with Crippen molar-refractivity contribution in [2.24, 2.45) is 0 Å². The van der Waals surface area contributed by atoms with Gasteiger partial charge in [-0.25, -0.2) is 4.79 Å². The van der Waals surface area contributed by atoms with E-state index < -0.39 is 5.97 Å². The van der Waals surface area contributed by atoms with Crippen molar-refractivity contribution in [2.45, 2.75) is 25.8 Å². The molecule has 88 valence electrons. The van der Waals surface area contributed by atoms with Crippen LogP contribution in [0.25, 0.3) is 0 Å². The van der Waals surface area contributed by atoms with Gasteiger partial charge in [-0.15, -0.1) is 0 Å². The maximum atomic E-state index is 10.7. The predicted molar refractivity (Wildman–Crippen MR) is 59.6 cm³/mol. The molecule has 2 rings (SSSR count). The Hall–Kier alpha value is -1.36. The van der Waals surface area contributed by atoms with Crippen molar-refractivity contribution in [2.75, 3.05) is 19.6 Å². The summed E-state index contributed by atoms with van der Waals surface area (Å²) in [4.78, 5) is 13.1. The van der Waals surface area contributed by atoms with Crippen LogP contribution < -0.4 is 0 Å². The van der Waals surface area contributed by atoms with Gasteiger partial charge in [-0.05, 0) is 19.4 Å². The predicted octanol–water partition coefficient (Wildman–Crippen LogP) is 1.24. The number of aromatic carboxylic acids is 1. The average molecular weight is 223 g/mol. The van der Waals surface area contributed by atoms with Gasteiger partial charge in [0.05, 0.1) is 17.8 Å². The number of carboxylic acids is 1. The summed E-state index contributed by atoms with van der Waals surface area (Å²) in [6.07, 6.45) is 5.16. The molecule has 0 bridgehead atoms. The van der Waals surface area contributed by atoms with E-state index in [9.17, 15) is 4.79 Å². The molecule has 0 aromatic carbocycles. The fourth-order valence-electron chi connectivity index (χ4n) is 2.15. The summed E-state index contributed by atoms with van der Waals surface area (Å²) in [7, 11) is 0. The molecule has 0 unspecified atom stereocenters. The highest BCUT2D eigenvalue weighted by atomic mass is 16.4. The van der Waals surface area contributed by atoms with Crippen molar-refractivity contribution in [3.63, 3.8) is 0 Å². The van der Waals surface area contributed by atoms with Gasteiger partial charge in [0.2, 0.25) is 0 Å². The summed E-state index contributed by atoms with van der Waals surface area (Å²) in [5.74, 6) is -0.905. The average Bonchev–Trinajstić information content (AvgIpc) is 2.78. The molecule has 16 heavy (non-hydrogen) atoms. The molecule has 5 nitrogen and oxygen atoms in total. The third-order valence-corrected chi connectivity index (χ3v) is 3.23. The number of aromatic nitrogens is 2. The van der Waals surface area contributed by atoms with Gasteiger partial charge >= 0.3 is 5.97 Å². The quantitative estimate of drug-likeness (QED) is 0.837. The zero-order chi connectivity index (χ0) is 11.5. The van der Waals surface area contributed by atoms with E-state index in [0.29, 0.717) is 6.04 Å². The molecule has 1 saturated heterocycles. The van der Waals surface area contributed by atoms with E-state index in [4.69, 9.17) is 5.11 Å². The number of piperidine rings is 1. The molecule has 0 radical (unpaired) electrons. The van der Waals surface area contributed by atoms with Crippen molar-refractivity contribution < 1.29 is 9.90 Å². The number of rotatable bonds is 3. The molecule has 1 aromatic heterocycles. The number of carbonyl (C=O) groups is 1. The van der Waals surface area contributed by atoms with Crippen molar-refractivity contribution in [1.29, 1.82) is 0 Å². The first-order valence-electron chi connectivity index (χ1n) is 5.70. The van der Waals surface area contributed by atoms with E-state index in [1.807, 2.05) is 0 Å². The normalized spacial score (nSPS) is 18.8. The Morgan fingerprint density at radius 2 is 2.25 bits per heavy atom. The summed E-state index contributed by atoms with van der Waals surface area (Å²) in [6, 6.07) is 0.357. The van der Waals surface area contributed by atoms with E-state index >= 15 is 0 Å². The van der Waals surface area contributed by atoms with E-state index in [0.717, 1.165) is 32.5 Å². The molecular formula is C11H17N3O2. The van der Waals surface area contributed by atoms with Gasteiger partial charge in [-0.1, -0.05) is 6.92 Å². The Morgan fingerprint density at radius 3 is 2.75 bits per heavy atom. The monoisotopic (exact) mass is 223 g/mol. The SMILES string of the molecule is CCN1CCC(n2cc(C(=O)O)cn2)CC1. The van der Waals surface area contributed by atoms with E-state index in [2.05, 4.69) is 16.9 Å². The van der Waals surface area contributed by atoms with E-state index in [1.54, 1.807) is 10.9 Å². The van der Waals surface area contributed by atoms with Crippen molar-refractivity contribution in [1.82, 2.24) is 14.7 Å². The molecule has 0 spiro atoms. The van der Waals surface area contributed by atoms with E-state index in [-0.39, 0.29) is 5.56 Å². The summed E-state index contributed by atoms with van der Waals surface area (Å²) >= 11 is 0. The molecule has 1 N–H and O–H groups in total. The van der Waals surface area contributed by atoms with Gasteiger partial charge in [0, 0.05) is 19.3 Å². The Balaban J connectivity index is 2.00. The lowest BCUT2D eigenvalue weighted by atomic mass is 10.1. The number of likely N-dealkylation sites (tertiary alicyclic amines) is 1. The molecule has 5 heteroatoms. The van der Waals surface area contributed by atoms with Gasteiger partial charge in [0.15, 0.2) is 0 Å². The van der Waals surface area contributed by atoms with Crippen molar-refractivity contribution in [3.05, 3.63) is 18.0 Å². The second-order valence-electron chi connectivity index (χ2n) is 4.18. The van der Waals surface area contributed by atoms with Crippen molar-refractivity contribution in [3.8, 4) is 0 Å². The second kappa shape index (κ2) is 4.65. The zero-order valence-corrected chi connectivity index (χ0v) is 9.46. The van der Waals surface area contributed by atoms with Crippen molar-refractivity contribution >= 4 is 5.97 Å². The van der Waals surface area contributed by atoms with Crippen LogP contribution in [0.5, 0.6) is 0 Å². The lowest BCUT2D eigenvalue weighted by Gasteiger charge is -2.31. The van der Waals surface area contributed by atoms with Gasteiger partial charge in [-0.3, -0.25) is 4.68 Å². The molecular weight excluding hydrogens is 206 g/mol. The van der Waals surface area contributed by atoms with E-state index in [1.165, 1.54) is 6.20 Å². The van der Waals surface area contributed by atoms with Crippen LogP contribution in [0, 0.1) is 0 Å². The third kappa shape index (κ3) is 2.24. The summed E-state index contributed by atoms with van der Waals surface area (Å²) < 4.78 is 1.80. The lowest BCUT2D eigenvalue weighted by Crippen LogP contribution is -2.34. The van der Waals surface area contributed by atoms with Crippen LogP contribution in [0.4, 0.5) is 0 Å². The molecule has 1 fully saturated rings. The minimum absolute atomic E-state index is 0.276. The summed E-state index contributed by atoms with van der Waals surface area (Å²) in [5.41, 5.74) is 0.276. The molecule has 0 amide bonds. The highest BCUT2D eigenvalue weighted by Gasteiger charge is 2.20. The minimum atomic E-state index is -0.905. The van der Waals surface area contributed by atoms with Crippen LogP contribution in [0.1, 0.15) is 36.2 Å². The van der Waals surface area contributed by atoms with Crippen LogP contribution in [0.3, 0.4) is 0 Å². The molecule has 1 aromatic rings. The molecule has 0 saturated carbocycles. The Bertz CT molecular complexity index is 367. The topological polar surface area (TPSA) is 58.4 Å². The lowest BCUT2D eigenvalue weighted by molar-refractivity contribution is 0.0696. The summed E-state index contributed by atoms with van der Waals surface area (Å²) in [6.45, 7) is 5.40. The second-order valence-corrected chi connectivity index (χ2v) is 4.18. The van der Waals surface area contributed by atoms with Crippen LogP contribution in [0.15, 0.2) is 12.4 Å². The van der Waals surface area contributed by atoms with Gasteiger partial charge in [-0.2, -0.15) is 5.10 Å². The number of carboxylic acid groups (broad SMARTS) is 1. The van der Waals surface area contributed by atoms with Gasteiger partial charge in [0.1, 0.15) is 0 Å². The highest BCUT2D eigenvalue weighted by Crippen LogP contribution is 2.21. The third-order valence-electron chi connectivity index (χ3n) is 3.23. The first-order valence-corrected chi connectivity index (χ1v) is 5.70. The smallest absolute Gasteiger partial charge is 0.338 e. The Morgan fingerprint density at radius 1 is 1.56 bits per heavy atom. The molecule has 0 atom stereocenters. The largest absolute Gasteiger partial charge is 0.478 e. The maximum absolute atomic E-state index is 10.7.